The lowest BCUT2D eigenvalue weighted by Gasteiger charge is -2.35. The molecule has 5 nitrogen and oxygen atoms in total. The van der Waals surface area contributed by atoms with Gasteiger partial charge in [-0.05, 0) is 12.8 Å². The minimum absolute atomic E-state index is 0.155. The van der Waals surface area contributed by atoms with Gasteiger partial charge in [0.2, 0.25) is 15.0 Å². The molecule has 1 heterocycles. The summed E-state index contributed by atoms with van der Waals surface area (Å²) in [5.41, 5.74) is 0. The maximum atomic E-state index is 11.4. The monoisotopic (exact) mass is 230 g/mol. The number of hydrogen-bond donors (Lipinski definition) is 0. The first kappa shape index (κ1) is 10.6. The van der Waals surface area contributed by atoms with Crippen molar-refractivity contribution in [3.63, 3.8) is 0 Å². The van der Waals surface area contributed by atoms with Crippen LogP contribution in [0.3, 0.4) is 0 Å². The summed E-state index contributed by atoms with van der Waals surface area (Å²) in [6.07, 6.45) is 6.39. The number of rotatable bonds is 3. The van der Waals surface area contributed by atoms with E-state index in [-0.39, 0.29) is 17.3 Å². The van der Waals surface area contributed by atoms with Gasteiger partial charge in [-0.2, -0.15) is 0 Å². The quantitative estimate of drug-likeness (QED) is 0.764. The van der Waals surface area contributed by atoms with Crippen molar-refractivity contribution in [3.05, 3.63) is 12.4 Å². The molecule has 0 saturated heterocycles. The van der Waals surface area contributed by atoms with Crippen molar-refractivity contribution >= 4 is 9.84 Å². The molecule has 0 radical (unpaired) electrons. The number of imidazole rings is 1. The Morgan fingerprint density at radius 3 is 2.73 bits per heavy atom. The van der Waals surface area contributed by atoms with Crippen molar-refractivity contribution in [2.24, 2.45) is 0 Å². The van der Waals surface area contributed by atoms with Crippen LogP contribution in [0.15, 0.2) is 17.6 Å². The van der Waals surface area contributed by atoms with Crippen molar-refractivity contribution in [2.75, 3.05) is 13.4 Å². The SMILES string of the molecule is COC1CC(n2ccnc2S(C)(=O)=O)C1. The van der Waals surface area contributed by atoms with Gasteiger partial charge < -0.3 is 9.30 Å². The van der Waals surface area contributed by atoms with Crippen molar-refractivity contribution in [1.82, 2.24) is 9.55 Å². The van der Waals surface area contributed by atoms with E-state index in [1.165, 1.54) is 12.5 Å². The summed E-state index contributed by atoms with van der Waals surface area (Å²) in [5.74, 6) is 0. The molecule has 0 aromatic carbocycles. The van der Waals surface area contributed by atoms with Crippen LogP contribution in [-0.4, -0.2) is 37.4 Å². The highest BCUT2D eigenvalue weighted by molar-refractivity contribution is 7.90. The van der Waals surface area contributed by atoms with E-state index in [1.807, 2.05) is 0 Å². The Labute approximate surface area is 89.0 Å². The first-order valence-corrected chi connectivity index (χ1v) is 6.67. The number of ether oxygens (including phenoxy) is 1. The summed E-state index contributed by atoms with van der Waals surface area (Å²) in [6, 6.07) is 0.210. The van der Waals surface area contributed by atoms with Crippen molar-refractivity contribution in [1.29, 1.82) is 0 Å². The fourth-order valence-corrected chi connectivity index (χ4v) is 2.67. The van der Waals surface area contributed by atoms with Crippen LogP contribution in [0.5, 0.6) is 0 Å². The normalized spacial score (nSPS) is 26.3. The van der Waals surface area contributed by atoms with Crippen LogP contribution >= 0.6 is 0 Å². The number of aromatic nitrogens is 2. The first-order valence-electron chi connectivity index (χ1n) is 4.78. The van der Waals surface area contributed by atoms with E-state index in [1.54, 1.807) is 17.9 Å². The van der Waals surface area contributed by atoms with Crippen molar-refractivity contribution in [3.8, 4) is 0 Å². The molecule has 15 heavy (non-hydrogen) atoms. The average Bonchev–Trinajstić information content (AvgIpc) is 2.49. The molecule has 0 amide bonds. The number of hydrogen-bond acceptors (Lipinski definition) is 4. The van der Waals surface area contributed by atoms with E-state index in [9.17, 15) is 8.42 Å². The topological polar surface area (TPSA) is 61.2 Å². The minimum atomic E-state index is -3.22. The fraction of sp³-hybridized carbons (Fsp3) is 0.667. The Morgan fingerprint density at radius 2 is 2.20 bits per heavy atom. The highest BCUT2D eigenvalue weighted by atomic mass is 32.2. The number of sulfone groups is 1. The first-order chi connectivity index (χ1) is 7.02. The minimum Gasteiger partial charge on any atom is -0.381 e. The fourth-order valence-electron chi connectivity index (χ4n) is 1.82. The van der Waals surface area contributed by atoms with Gasteiger partial charge in [0.1, 0.15) is 0 Å². The van der Waals surface area contributed by atoms with E-state index in [0.717, 1.165) is 12.8 Å². The van der Waals surface area contributed by atoms with Crippen LogP contribution in [0, 0.1) is 0 Å². The zero-order valence-electron chi connectivity index (χ0n) is 8.75. The van der Waals surface area contributed by atoms with Gasteiger partial charge in [0.15, 0.2) is 0 Å². The predicted molar refractivity (Wildman–Crippen MR) is 54.4 cm³/mol. The second-order valence-electron chi connectivity index (χ2n) is 3.87. The van der Waals surface area contributed by atoms with Crippen LogP contribution < -0.4 is 0 Å². The van der Waals surface area contributed by atoms with E-state index in [4.69, 9.17) is 4.74 Å². The third-order valence-electron chi connectivity index (χ3n) is 2.76. The molecule has 0 aliphatic heterocycles. The molecule has 1 aliphatic rings. The average molecular weight is 230 g/mol. The van der Waals surface area contributed by atoms with Gasteiger partial charge in [0.05, 0.1) is 6.10 Å². The Kier molecular flexibility index (Phi) is 2.56. The number of nitrogens with zero attached hydrogens (tertiary/aromatic N) is 2. The zero-order chi connectivity index (χ0) is 11.1. The molecule has 0 N–H and O–H groups in total. The largest absolute Gasteiger partial charge is 0.381 e. The highest BCUT2D eigenvalue weighted by Gasteiger charge is 2.33. The van der Waals surface area contributed by atoms with Gasteiger partial charge in [-0.15, -0.1) is 0 Å². The van der Waals surface area contributed by atoms with Crippen LogP contribution in [-0.2, 0) is 14.6 Å². The molecule has 0 unspecified atom stereocenters. The van der Waals surface area contributed by atoms with Gasteiger partial charge in [-0.1, -0.05) is 0 Å². The van der Waals surface area contributed by atoms with Gasteiger partial charge in [-0.3, -0.25) is 0 Å². The number of methoxy groups -OCH3 is 1. The molecule has 0 atom stereocenters. The van der Waals surface area contributed by atoms with Crippen molar-refractivity contribution in [2.45, 2.75) is 30.1 Å². The lowest BCUT2D eigenvalue weighted by molar-refractivity contribution is 0.00355. The van der Waals surface area contributed by atoms with Gasteiger partial charge in [0, 0.05) is 31.8 Å². The molecule has 84 valence electrons. The third-order valence-corrected chi connectivity index (χ3v) is 3.74. The summed E-state index contributed by atoms with van der Waals surface area (Å²) >= 11 is 0. The van der Waals surface area contributed by atoms with Crippen LogP contribution in [0.2, 0.25) is 0 Å². The predicted octanol–water partition coefficient (Wildman–Crippen LogP) is 0.636. The Balaban J connectivity index is 2.21. The molecular formula is C9H14N2O3S. The smallest absolute Gasteiger partial charge is 0.227 e. The summed E-state index contributed by atoms with van der Waals surface area (Å²) in [7, 11) is -1.55. The summed E-state index contributed by atoms with van der Waals surface area (Å²) in [6.45, 7) is 0. The second-order valence-corrected chi connectivity index (χ2v) is 5.78. The van der Waals surface area contributed by atoms with E-state index in [2.05, 4.69) is 4.98 Å². The Hall–Kier alpha value is -0.880. The standard InChI is InChI=1S/C9H14N2O3S/c1-14-8-5-7(6-8)11-4-3-10-9(11)15(2,12)13/h3-4,7-8H,5-6H2,1-2H3. The maximum Gasteiger partial charge on any atom is 0.227 e. The van der Waals surface area contributed by atoms with Gasteiger partial charge in [0.25, 0.3) is 0 Å². The molecule has 1 saturated carbocycles. The van der Waals surface area contributed by atoms with Crippen molar-refractivity contribution < 1.29 is 13.2 Å². The molecule has 0 spiro atoms. The maximum absolute atomic E-state index is 11.4. The molecule has 1 aliphatic carbocycles. The highest BCUT2D eigenvalue weighted by Crippen LogP contribution is 2.35. The molecule has 2 rings (SSSR count). The third kappa shape index (κ3) is 1.91. The molecule has 1 aromatic rings. The lowest BCUT2D eigenvalue weighted by atomic mass is 9.89. The van der Waals surface area contributed by atoms with Crippen LogP contribution in [0.1, 0.15) is 18.9 Å². The van der Waals surface area contributed by atoms with E-state index in [0.29, 0.717) is 0 Å². The summed E-state index contributed by atoms with van der Waals surface area (Å²) < 4.78 is 29.7. The second kappa shape index (κ2) is 3.61. The van der Waals surface area contributed by atoms with Gasteiger partial charge in [-0.25, -0.2) is 13.4 Å². The molecule has 1 fully saturated rings. The Bertz CT molecular complexity index is 446. The Morgan fingerprint density at radius 1 is 1.53 bits per heavy atom. The lowest BCUT2D eigenvalue weighted by Crippen LogP contribution is -2.33. The molecular weight excluding hydrogens is 216 g/mol. The summed E-state index contributed by atoms with van der Waals surface area (Å²) in [4.78, 5) is 3.88. The summed E-state index contributed by atoms with van der Waals surface area (Å²) in [5, 5.41) is 0.155. The molecule has 6 heteroatoms. The molecule has 1 aromatic heterocycles. The molecule has 0 bridgehead atoms. The zero-order valence-corrected chi connectivity index (χ0v) is 9.57. The van der Waals surface area contributed by atoms with E-state index < -0.39 is 9.84 Å². The van der Waals surface area contributed by atoms with Crippen LogP contribution in [0.25, 0.3) is 0 Å². The van der Waals surface area contributed by atoms with E-state index >= 15 is 0 Å². The van der Waals surface area contributed by atoms with Crippen LogP contribution in [0.4, 0.5) is 0 Å². The van der Waals surface area contributed by atoms with Gasteiger partial charge >= 0.3 is 0 Å².